The van der Waals surface area contributed by atoms with Crippen molar-refractivity contribution in [3.8, 4) is 22.9 Å². The number of hydrogen-bond donors (Lipinski definition) is 2. The maximum Gasteiger partial charge on any atom is 0.322 e. The number of carbonyl (C=O) groups excluding carboxylic acids is 2. The monoisotopic (exact) mass is 1190 g/mol. The van der Waals surface area contributed by atoms with Gasteiger partial charge >= 0.3 is 24.9 Å². The number of alkyl halides is 5. The molecule has 2 N–H and O–H groups in total. The summed E-state index contributed by atoms with van der Waals surface area (Å²) in [6, 6.07) is 25.1. The second kappa shape index (κ2) is 28.9. The molecular weight excluding hydrogens is 1130 g/mol. The number of likely N-dealkylation sites (tertiary alicyclic amines) is 1. The molecule has 1 saturated carbocycles. The highest BCUT2D eigenvalue weighted by Gasteiger charge is 2.27. The first-order valence-corrected chi connectivity index (χ1v) is 27.2. The van der Waals surface area contributed by atoms with Gasteiger partial charge in [-0.3, -0.25) is 9.80 Å². The number of carbonyl (C=O) groups is 2. The molecule has 4 aromatic carbocycles. The normalized spacial score (nSPS) is 14.0. The topological polar surface area (TPSA) is 224 Å². The summed E-state index contributed by atoms with van der Waals surface area (Å²) in [5.41, 5.74) is 1.99. The summed E-state index contributed by atoms with van der Waals surface area (Å²) in [5.74, 6) is 0.358. The molecule has 4 aromatic heterocycles. The van der Waals surface area contributed by atoms with Crippen molar-refractivity contribution >= 4 is 39.4 Å². The first-order valence-electron chi connectivity index (χ1n) is 26.1. The molecule has 26 heteroatoms. The van der Waals surface area contributed by atoms with Crippen molar-refractivity contribution < 1.29 is 53.8 Å². The van der Waals surface area contributed by atoms with Crippen molar-refractivity contribution in [3.63, 3.8) is 0 Å². The second-order valence-corrected chi connectivity index (χ2v) is 19.7. The van der Waals surface area contributed by atoms with E-state index in [-0.39, 0.29) is 65.1 Å². The van der Waals surface area contributed by atoms with Gasteiger partial charge in [0.2, 0.25) is 23.6 Å². The fraction of sp³-hybridized carbons (Fsp3) is 0.382. The molecule has 1 aliphatic heterocycles. The van der Waals surface area contributed by atoms with Crippen LogP contribution in [0.25, 0.3) is 22.9 Å². The van der Waals surface area contributed by atoms with Gasteiger partial charge in [-0.15, -0.1) is 20.4 Å². The van der Waals surface area contributed by atoms with E-state index >= 15 is 4.39 Å². The van der Waals surface area contributed by atoms with Crippen molar-refractivity contribution in [3.05, 3.63) is 155 Å². The lowest BCUT2D eigenvalue weighted by Crippen LogP contribution is -2.44. The van der Waals surface area contributed by atoms with E-state index in [9.17, 15) is 31.5 Å². The lowest BCUT2D eigenvalue weighted by Gasteiger charge is -2.30. The van der Waals surface area contributed by atoms with Crippen LogP contribution in [-0.4, -0.2) is 95.7 Å². The van der Waals surface area contributed by atoms with Crippen LogP contribution in [0.2, 0.25) is 0 Å². The van der Waals surface area contributed by atoms with Crippen molar-refractivity contribution in [1.29, 1.82) is 0 Å². The fourth-order valence-electron chi connectivity index (χ4n) is 8.99. The summed E-state index contributed by atoms with van der Waals surface area (Å²) in [7, 11) is 0. The predicted molar refractivity (Wildman–Crippen MR) is 287 cm³/mol. The minimum absolute atomic E-state index is 0.0314. The zero-order chi connectivity index (χ0) is 57.3. The number of benzene rings is 4. The molecule has 1 saturated heterocycles. The van der Waals surface area contributed by atoms with Crippen LogP contribution in [0.3, 0.4) is 0 Å². The van der Waals surface area contributed by atoms with Crippen LogP contribution >= 0.6 is 15.9 Å². The van der Waals surface area contributed by atoms with Crippen molar-refractivity contribution in [2.45, 2.75) is 96.6 Å². The fourth-order valence-corrected chi connectivity index (χ4v) is 9.19. The van der Waals surface area contributed by atoms with Crippen LogP contribution in [-0.2, 0) is 13.1 Å². The second-order valence-electron chi connectivity index (χ2n) is 18.9. The summed E-state index contributed by atoms with van der Waals surface area (Å²) < 4.78 is 101. The highest BCUT2D eigenvalue weighted by Crippen LogP contribution is 2.32. The molecule has 0 spiro atoms. The van der Waals surface area contributed by atoms with Gasteiger partial charge in [-0.25, -0.2) is 18.4 Å². The molecule has 0 bridgehead atoms. The average Bonchev–Trinajstić information content (AvgIpc) is 4.44. The molecule has 2 aliphatic rings. The average molecular weight is 1190 g/mol. The Morgan fingerprint density at radius 3 is 1.46 bits per heavy atom. The molecule has 428 valence electrons. The third-order valence-electron chi connectivity index (χ3n) is 13.2. The Balaban J connectivity index is 0.000000182. The summed E-state index contributed by atoms with van der Waals surface area (Å²) in [6.07, 6.45) is 2.40. The van der Waals surface area contributed by atoms with E-state index in [0.717, 1.165) is 49.8 Å². The lowest BCUT2D eigenvalue weighted by atomic mass is 9.89. The largest absolute Gasteiger partial charge is 0.415 e. The van der Waals surface area contributed by atoms with E-state index in [0.29, 0.717) is 54.0 Å². The SMILES string of the molecule is Cc1noc(C2CCCCC2)n1.Cc1noc(C2CCN(CCNC(=O)N(Cc3ccc(-c4nnc(C(F)F)o4)cc3F)c3ccccc3)CC2)n1.O=C(NCCBr)N(Cc1ccc(-c2nnc(C(F)F)o2)cc1F)c1ccccc1. The van der Waals surface area contributed by atoms with Crippen LogP contribution < -0.4 is 20.4 Å². The number of anilines is 2. The van der Waals surface area contributed by atoms with Crippen LogP contribution in [0.15, 0.2) is 115 Å². The third-order valence-corrected chi connectivity index (χ3v) is 13.6. The number of amides is 4. The van der Waals surface area contributed by atoms with Crippen LogP contribution in [0, 0.1) is 25.5 Å². The summed E-state index contributed by atoms with van der Waals surface area (Å²) >= 11 is 3.24. The van der Waals surface area contributed by atoms with E-state index in [1.165, 1.54) is 66.2 Å². The first kappa shape index (κ1) is 59.1. The maximum atomic E-state index is 15.1. The predicted octanol–water partition coefficient (Wildman–Crippen LogP) is 12.5. The molecule has 8 aromatic rings. The Bertz CT molecular complexity index is 3250. The Morgan fingerprint density at radius 2 is 1.06 bits per heavy atom. The van der Waals surface area contributed by atoms with Crippen LogP contribution in [0.1, 0.15) is 116 Å². The van der Waals surface area contributed by atoms with Gasteiger partial charge < -0.3 is 33.4 Å². The quantitative estimate of drug-likeness (QED) is 0.0639. The number of nitrogens with zero attached hydrogens (tertiary/aromatic N) is 11. The van der Waals surface area contributed by atoms with Crippen LogP contribution in [0.5, 0.6) is 0 Å². The number of halogens is 7. The minimum Gasteiger partial charge on any atom is -0.415 e. The highest BCUT2D eigenvalue weighted by molar-refractivity contribution is 9.09. The summed E-state index contributed by atoms with van der Waals surface area (Å²) in [4.78, 5) is 39.5. The number of urea groups is 2. The minimum atomic E-state index is -2.92. The molecule has 5 heterocycles. The Labute approximate surface area is 470 Å². The summed E-state index contributed by atoms with van der Waals surface area (Å²) in [5, 5.41) is 27.5. The zero-order valence-electron chi connectivity index (χ0n) is 44.2. The molecule has 0 atom stereocenters. The van der Waals surface area contributed by atoms with Gasteiger partial charge in [0.25, 0.3) is 11.8 Å². The highest BCUT2D eigenvalue weighted by atomic mass is 79.9. The van der Waals surface area contributed by atoms with Crippen molar-refractivity contribution in [2.24, 2.45) is 0 Å². The Morgan fingerprint density at radius 1 is 0.617 bits per heavy atom. The lowest BCUT2D eigenvalue weighted by molar-refractivity contribution is 0.115. The first-order chi connectivity index (χ1) is 39.2. The number of aromatic nitrogens is 8. The van der Waals surface area contributed by atoms with E-state index in [1.54, 1.807) is 55.5 Å². The van der Waals surface area contributed by atoms with Gasteiger partial charge in [0.1, 0.15) is 11.6 Å². The molecule has 1 aliphatic carbocycles. The van der Waals surface area contributed by atoms with Gasteiger partial charge in [-0.1, -0.05) is 94.0 Å². The van der Waals surface area contributed by atoms with Crippen molar-refractivity contribution in [2.75, 3.05) is 47.9 Å². The molecule has 0 unspecified atom stereocenters. The standard InChI is InChI=1S/C27H28F3N7O3.C19H16BrF3N4O2.C9H14N2O/c1-17-32-24(40-35-17)18-9-12-36(13-10-18)14-11-31-27(38)37(21-5-3-2-4-6-21)16-20-8-7-19(15-22(20)28)25-33-34-26(39-25)23(29)30;20-8-9-24-19(28)27(14-4-2-1-3-5-14)11-13-7-6-12(10-15(13)21)17-25-26-18(29-17)16(22)23;1-7-10-9(12-11-7)8-5-3-2-4-6-8/h2-8,15,18,23H,9-14,16H2,1H3,(H,31,38);1-7,10,16H,8-9,11H2,(H,24,28);8H,2-6H2,1H3. The molecule has 2 fully saturated rings. The molecule has 81 heavy (non-hydrogen) atoms. The smallest absolute Gasteiger partial charge is 0.322 e. The van der Waals surface area contributed by atoms with E-state index in [2.05, 4.69) is 72.1 Å². The number of nitrogens with one attached hydrogen (secondary N) is 2. The van der Waals surface area contributed by atoms with Gasteiger partial charge in [0, 0.05) is 70.4 Å². The third kappa shape index (κ3) is 16.6. The molecule has 19 nitrogen and oxygen atoms in total. The number of aryl methyl sites for hydroxylation is 2. The van der Waals surface area contributed by atoms with E-state index in [1.807, 2.05) is 19.1 Å². The Hall–Kier alpha value is -8.00. The maximum absolute atomic E-state index is 15.1. The van der Waals surface area contributed by atoms with E-state index in [4.69, 9.17) is 17.9 Å². The molecule has 4 amide bonds. The number of piperidine rings is 1. The number of para-hydroxylation sites is 2. The molecule has 10 rings (SSSR count). The number of hydrogen-bond acceptors (Lipinski definition) is 15. The number of rotatable bonds is 17. The van der Waals surface area contributed by atoms with Gasteiger partial charge in [0.05, 0.1) is 13.1 Å². The summed E-state index contributed by atoms with van der Waals surface area (Å²) in [6.45, 7) is 6.77. The molecule has 0 radical (unpaired) electrons. The van der Waals surface area contributed by atoms with Gasteiger partial charge in [0.15, 0.2) is 11.6 Å². The Kier molecular flexibility index (Phi) is 21.1. The van der Waals surface area contributed by atoms with Gasteiger partial charge in [-0.2, -0.15) is 27.5 Å². The van der Waals surface area contributed by atoms with Gasteiger partial charge in [-0.05, 0) is 101 Å². The molecular formula is C55H58BrF6N13O6. The van der Waals surface area contributed by atoms with Crippen LogP contribution in [0.4, 0.5) is 47.3 Å². The zero-order valence-corrected chi connectivity index (χ0v) is 45.8. The van der Waals surface area contributed by atoms with E-state index < -0.39 is 36.3 Å². The van der Waals surface area contributed by atoms with Crippen molar-refractivity contribution in [1.82, 2.24) is 56.2 Å².